The lowest BCUT2D eigenvalue weighted by molar-refractivity contribution is -0.137. The molecule has 1 aromatic carbocycles. The standard InChI is InChI=1S/C12H15F3/c1-3-5-10-6-7-11(12(13,14)15)8-9(10)4-2/h6-8H,3-5H2,1-2H3. The first-order valence-corrected chi connectivity index (χ1v) is 5.18. The van der Waals surface area contributed by atoms with Gasteiger partial charge in [-0.2, -0.15) is 13.2 Å². The van der Waals surface area contributed by atoms with Crippen molar-refractivity contribution >= 4 is 0 Å². The molecule has 0 fully saturated rings. The minimum absolute atomic E-state index is 0.542. The van der Waals surface area contributed by atoms with Gasteiger partial charge in [-0.1, -0.05) is 26.3 Å². The van der Waals surface area contributed by atoms with Crippen molar-refractivity contribution in [2.24, 2.45) is 0 Å². The number of aryl methyl sites for hydroxylation is 2. The number of hydrogen-bond acceptors (Lipinski definition) is 0. The zero-order valence-corrected chi connectivity index (χ0v) is 8.99. The quantitative estimate of drug-likeness (QED) is 0.709. The smallest absolute Gasteiger partial charge is 0.166 e. The molecule has 0 atom stereocenters. The average Bonchev–Trinajstić information content (AvgIpc) is 2.17. The third-order valence-corrected chi connectivity index (χ3v) is 2.43. The SMILES string of the molecule is CCCc1ccc(C(F)(F)F)cc1CC. The summed E-state index contributed by atoms with van der Waals surface area (Å²) >= 11 is 0. The van der Waals surface area contributed by atoms with Crippen molar-refractivity contribution in [2.45, 2.75) is 39.3 Å². The molecule has 0 amide bonds. The van der Waals surface area contributed by atoms with Crippen molar-refractivity contribution < 1.29 is 13.2 Å². The summed E-state index contributed by atoms with van der Waals surface area (Å²) in [4.78, 5) is 0. The van der Waals surface area contributed by atoms with Crippen LogP contribution in [0.1, 0.15) is 37.0 Å². The van der Waals surface area contributed by atoms with E-state index >= 15 is 0 Å². The molecule has 0 saturated carbocycles. The molecule has 0 aliphatic carbocycles. The van der Waals surface area contributed by atoms with Gasteiger partial charge in [-0.25, -0.2) is 0 Å². The van der Waals surface area contributed by atoms with Crippen molar-refractivity contribution in [3.63, 3.8) is 0 Å². The van der Waals surface area contributed by atoms with Gasteiger partial charge in [0.2, 0.25) is 0 Å². The Balaban J connectivity index is 3.08. The molecule has 0 unspecified atom stereocenters. The maximum absolute atomic E-state index is 12.4. The molecule has 0 spiro atoms. The fourth-order valence-corrected chi connectivity index (χ4v) is 1.64. The van der Waals surface area contributed by atoms with Gasteiger partial charge in [0, 0.05) is 0 Å². The molecular weight excluding hydrogens is 201 g/mol. The molecule has 0 heterocycles. The van der Waals surface area contributed by atoms with E-state index in [2.05, 4.69) is 0 Å². The van der Waals surface area contributed by atoms with Gasteiger partial charge in [0.1, 0.15) is 0 Å². The van der Waals surface area contributed by atoms with Crippen LogP contribution < -0.4 is 0 Å². The zero-order valence-electron chi connectivity index (χ0n) is 8.99. The first kappa shape index (κ1) is 12.1. The van der Waals surface area contributed by atoms with E-state index < -0.39 is 11.7 Å². The normalized spacial score (nSPS) is 11.8. The van der Waals surface area contributed by atoms with E-state index in [1.807, 2.05) is 13.8 Å². The van der Waals surface area contributed by atoms with Crippen LogP contribution in [0, 0.1) is 0 Å². The summed E-state index contributed by atoms with van der Waals surface area (Å²) < 4.78 is 37.3. The molecule has 0 saturated heterocycles. The summed E-state index contributed by atoms with van der Waals surface area (Å²) in [5, 5.41) is 0. The molecule has 0 aromatic heterocycles. The number of hydrogen-bond donors (Lipinski definition) is 0. The van der Waals surface area contributed by atoms with Crippen molar-refractivity contribution in [3.05, 3.63) is 34.9 Å². The van der Waals surface area contributed by atoms with Crippen LogP contribution in [0.25, 0.3) is 0 Å². The monoisotopic (exact) mass is 216 g/mol. The topological polar surface area (TPSA) is 0 Å². The Kier molecular flexibility index (Phi) is 3.77. The Labute approximate surface area is 88.1 Å². The van der Waals surface area contributed by atoms with E-state index in [1.54, 1.807) is 6.07 Å². The Morgan fingerprint density at radius 1 is 1.07 bits per heavy atom. The van der Waals surface area contributed by atoms with Crippen molar-refractivity contribution in [1.29, 1.82) is 0 Å². The maximum atomic E-state index is 12.4. The molecule has 0 aliphatic rings. The van der Waals surface area contributed by atoms with Gasteiger partial charge in [-0.15, -0.1) is 0 Å². The van der Waals surface area contributed by atoms with E-state index in [4.69, 9.17) is 0 Å². The summed E-state index contributed by atoms with van der Waals surface area (Å²) in [7, 11) is 0. The summed E-state index contributed by atoms with van der Waals surface area (Å²) in [5.74, 6) is 0. The average molecular weight is 216 g/mol. The summed E-state index contributed by atoms with van der Waals surface area (Å²) in [6, 6.07) is 4.04. The lowest BCUT2D eigenvalue weighted by Gasteiger charge is -2.11. The predicted octanol–water partition coefficient (Wildman–Crippen LogP) is 4.22. The Bertz CT molecular complexity index is 326. The van der Waals surface area contributed by atoms with Crippen LogP contribution in [0.3, 0.4) is 0 Å². The fraction of sp³-hybridized carbons (Fsp3) is 0.500. The second-order valence-corrected chi connectivity index (χ2v) is 3.58. The van der Waals surface area contributed by atoms with Gasteiger partial charge in [0.15, 0.2) is 0 Å². The molecule has 0 N–H and O–H groups in total. The van der Waals surface area contributed by atoms with Crippen LogP contribution in [0.15, 0.2) is 18.2 Å². The molecule has 1 aromatic rings. The van der Waals surface area contributed by atoms with Crippen molar-refractivity contribution in [3.8, 4) is 0 Å². The zero-order chi connectivity index (χ0) is 11.5. The highest BCUT2D eigenvalue weighted by Gasteiger charge is 2.30. The Morgan fingerprint density at radius 3 is 2.20 bits per heavy atom. The lowest BCUT2D eigenvalue weighted by Crippen LogP contribution is -2.06. The van der Waals surface area contributed by atoms with Gasteiger partial charge < -0.3 is 0 Å². The van der Waals surface area contributed by atoms with Gasteiger partial charge in [-0.3, -0.25) is 0 Å². The molecule has 0 aliphatic heterocycles. The Morgan fingerprint density at radius 2 is 1.73 bits per heavy atom. The molecule has 0 nitrogen and oxygen atoms in total. The van der Waals surface area contributed by atoms with Crippen molar-refractivity contribution in [2.75, 3.05) is 0 Å². The first-order valence-electron chi connectivity index (χ1n) is 5.18. The van der Waals surface area contributed by atoms with E-state index in [1.165, 1.54) is 12.1 Å². The number of halogens is 3. The molecule has 84 valence electrons. The highest BCUT2D eigenvalue weighted by Crippen LogP contribution is 2.30. The number of benzene rings is 1. The molecule has 0 bridgehead atoms. The van der Waals surface area contributed by atoms with Crippen LogP contribution in [-0.2, 0) is 19.0 Å². The highest BCUT2D eigenvalue weighted by molar-refractivity contribution is 5.33. The van der Waals surface area contributed by atoms with Crippen LogP contribution in [0.2, 0.25) is 0 Å². The molecule has 1 rings (SSSR count). The third-order valence-electron chi connectivity index (χ3n) is 2.43. The molecular formula is C12H15F3. The summed E-state index contributed by atoms with van der Waals surface area (Å²) in [6.07, 6.45) is -1.77. The van der Waals surface area contributed by atoms with E-state index in [0.717, 1.165) is 24.0 Å². The van der Waals surface area contributed by atoms with E-state index in [9.17, 15) is 13.2 Å². The van der Waals surface area contributed by atoms with E-state index in [0.29, 0.717) is 6.42 Å². The fourth-order valence-electron chi connectivity index (χ4n) is 1.64. The highest BCUT2D eigenvalue weighted by atomic mass is 19.4. The number of rotatable bonds is 3. The van der Waals surface area contributed by atoms with Crippen LogP contribution in [0.5, 0.6) is 0 Å². The molecule has 0 radical (unpaired) electrons. The second kappa shape index (κ2) is 4.69. The Hall–Kier alpha value is -0.990. The van der Waals surface area contributed by atoms with Crippen molar-refractivity contribution in [1.82, 2.24) is 0 Å². The third kappa shape index (κ3) is 2.98. The maximum Gasteiger partial charge on any atom is 0.416 e. The molecule has 15 heavy (non-hydrogen) atoms. The number of alkyl halides is 3. The van der Waals surface area contributed by atoms with E-state index in [-0.39, 0.29) is 0 Å². The van der Waals surface area contributed by atoms with Gasteiger partial charge >= 0.3 is 6.18 Å². The minimum atomic E-state index is -4.23. The van der Waals surface area contributed by atoms with Crippen LogP contribution >= 0.6 is 0 Å². The van der Waals surface area contributed by atoms with Crippen LogP contribution in [0.4, 0.5) is 13.2 Å². The second-order valence-electron chi connectivity index (χ2n) is 3.58. The van der Waals surface area contributed by atoms with Gasteiger partial charge in [0.25, 0.3) is 0 Å². The van der Waals surface area contributed by atoms with Gasteiger partial charge in [0.05, 0.1) is 5.56 Å². The largest absolute Gasteiger partial charge is 0.416 e. The molecule has 3 heteroatoms. The first-order chi connectivity index (χ1) is 6.99. The predicted molar refractivity (Wildman–Crippen MR) is 54.8 cm³/mol. The minimum Gasteiger partial charge on any atom is -0.166 e. The summed E-state index contributed by atoms with van der Waals surface area (Å²) in [6.45, 7) is 3.91. The lowest BCUT2D eigenvalue weighted by atomic mass is 9.98. The summed E-state index contributed by atoms with van der Waals surface area (Å²) in [5.41, 5.74) is 1.30. The van der Waals surface area contributed by atoms with Gasteiger partial charge in [-0.05, 0) is 36.1 Å². The van der Waals surface area contributed by atoms with Crippen LogP contribution in [-0.4, -0.2) is 0 Å².